The number of rotatable bonds is 2. The number of aliphatic imine (C=N–C) groups is 2. The average Bonchev–Trinajstić information content (AvgIpc) is 3.15. The quantitative estimate of drug-likeness (QED) is 0.736. The molecule has 0 spiro atoms. The second-order valence-corrected chi connectivity index (χ2v) is 9.73. The van der Waals surface area contributed by atoms with Crippen LogP contribution in [0.2, 0.25) is 0 Å². The monoisotopic (exact) mass is 407 g/mol. The second-order valence-electron chi connectivity index (χ2n) is 8.81. The molecule has 0 aliphatic carbocycles. The van der Waals surface area contributed by atoms with Crippen molar-refractivity contribution in [2.45, 2.75) is 53.6 Å². The molecule has 1 aromatic rings. The highest BCUT2D eigenvalue weighted by Gasteiger charge is 2.33. The molecule has 0 unspecified atom stereocenters. The van der Waals surface area contributed by atoms with E-state index in [1.807, 2.05) is 12.1 Å². The number of aromatic nitrogens is 1. The molecule has 0 radical (unpaired) electrons. The molecule has 2 aliphatic heterocycles. The molecule has 25 heavy (non-hydrogen) atoms. The fourth-order valence-electron chi connectivity index (χ4n) is 2.63. The molecule has 0 fully saturated rings. The zero-order chi connectivity index (χ0) is 18.4. The first-order valence-corrected chi connectivity index (χ1v) is 9.43. The Kier molecular flexibility index (Phi) is 4.69. The normalized spacial score (nSPS) is 23.8. The molecule has 3 heterocycles. The number of ether oxygens (including phenoxy) is 2. The van der Waals surface area contributed by atoms with Crippen molar-refractivity contribution in [1.82, 2.24) is 4.98 Å². The molecule has 0 N–H and O–H groups in total. The zero-order valence-electron chi connectivity index (χ0n) is 15.8. The molecule has 0 saturated heterocycles. The summed E-state index contributed by atoms with van der Waals surface area (Å²) in [5, 5.41) is 0. The van der Waals surface area contributed by atoms with E-state index in [1.54, 1.807) is 0 Å². The highest BCUT2D eigenvalue weighted by molar-refractivity contribution is 9.10. The van der Waals surface area contributed by atoms with Crippen molar-refractivity contribution >= 4 is 27.7 Å². The van der Waals surface area contributed by atoms with Crippen LogP contribution in [0.5, 0.6) is 0 Å². The van der Waals surface area contributed by atoms with Gasteiger partial charge < -0.3 is 9.47 Å². The fourth-order valence-corrected chi connectivity index (χ4v) is 3.07. The van der Waals surface area contributed by atoms with Gasteiger partial charge in [-0.3, -0.25) is 0 Å². The lowest BCUT2D eigenvalue weighted by Gasteiger charge is -2.21. The Labute approximate surface area is 158 Å². The molecule has 6 heteroatoms. The first-order valence-electron chi connectivity index (χ1n) is 8.63. The van der Waals surface area contributed by atoms with E-state index in [2.05, 4.69) is 62.5 Å². The largest absolute Gasteiger partial charge is 0.474 e. The minimum atomic E-state index is 0.0647. The van der Waals surface area contributed by atoms with Crippen molar-refractivity contribution in [2.75, 3.05) is 13.2 Å². The smallest absolute Gasteiger partial charge is 0.235 e. The predicted molar refractivity (Wildman–Crippen MR) is 103 cm³/mol. The first-order chi connectivity index (χ1) is 11.5. The Hall–Kier alpha value is -1.43. The van der Waals surface area contributed by atoms with Crippen molar-refractivity contribution in [3.05, 3.63) is 28.0 Å². The summed E-state index contributed by atoms with van der Waals surface area (Å²) in [6, 6.07) is 4.11. The van der Waals surface area contributed by atoms with Gasteiger partial charge in [-0.15, -0.1) is 0 Å². The number of nitrogens with zero attached hydrogens (tertiary/aromatic N) is 3. The Morgan fingerprint density at radius 1 is 0.840 bits per heavy atom. The number of hydrogen-bond donors (Lipinski definition) is 0. The van der Waals surface area contributed by atoms with E-state index in [4.69, 9.17) is 19.5 Å². The van der Waals surface area contributed by atoms with E-state index in [1.165, 1.54) is 0 Å². The Balaban J connectivity index is 1.90. The highest BCUT2D eigenvalue weighted by atomic mass is 79.9. The van der Waals surface area contributed by atoms with E-state index in [0.29, 0.717) is 36.4 Å². The van der Waals surface area contributed by atoms with Gasteiger partial charge >= 0.3 is 0 Å². The highest BCUT2D eigenvalue weighted by Crippen LogP contribution is 2.29. The molecular weight excluding hydrogens is 382 g/mol. The average molecular weight is 408 g/mol. The summed E-state index contributed by atoms with van der Waals surface area (Å²) in [7, 11) is 0. The fraction of sp³-hybridized carbons (Fsp3) is 0.632. The predicted octanol–water partition coefficient (Wildman–Crippen LogP) is 4.23. The van der Waals surface area contributed by atoms with Crippen LogP contribution in [0, 0.1) is 10.8 Å². The minimum absolute atomic E-state index is 0.0647. The summed E-state index contributed by atoms with van der Waals surface area (Å²) in [4.78, 5) is 14.1. The third-order valence-corrected chi connectivity index (χ3v) is 4.99. The van der Waals surface area contributed by atoms with Crippen molar-refractivity contribution in [2.24, 2.45) is 20.8 Å². The Bertz CT molecular complexity index is 671. The van der Waals surface area contributed by atoms with Crippen molar-refractivity contribution in [3.8, 4) is 0 Å². The maximum Gasteiger partial charge on any atom is 0.235 e. The molecule has 0 amide bonds. The second kappa shape index (κ2) is 6.38. The Morgan fingerprint density at radius 3 is 1.56 bits per heavy atom. The molecule has 5 nitrogen and oxygen atoms in total. The van der Waals surface area contributed by atoms with Gasteiger partial charge in [-0.2, -0.15) is 0 Å². The van der Waals surface area contributed by atoms with E-state index < -0.39 is 0 Å². The summed E-state index contributed by atoms with van der Waals surface area (Å²) in [6.07, 6.45) is 0. The van der Waals surface area contributed by atoms with E-state index in [0.717, 1.165) is 4.47 Å². The van der Waals surface area contributed by atoms with Crippen LogP contribution in [-0.4, -0.2) is 42.1 Å². The molecule has 0 aromatic carbocycles. The lowest BCUT2D eigenvalue weighted by molar-refractivity contribution is 0.235. The van der Waals surface area contributed by atoms with Crippen LogP contribution in [-0.2, 0) is 9.47 Å². The van der Waals surface area contributed by atoms with Crippen LogP contribution in [0.3, 0.4) is 0 Å². The number of halogens is 1. The third kappa shape index (κ3) is 4.05. The first kappa shape index (κ1) is 18.4. The topological polar surface area (TPSA) is 56.1 Å². The standard InChI is InChI=1S/C19H26BrN3O2/c1-18(2,3)14-9-24-16(22-14)12-7-11(20)8-13(21-12)17-23-15(10-25-17)19(4,5)6/h7-8,14-15H,9-10H2,1-6H3/t14-,15-/m1/s1. The zero-order valence-corrected chi connectivity index (χ0v) is 17.3. The van der Waals surface area contributed by atoms with Crippen molar-refractivity contribution in [3.63, 3.8) is 0 Å². The van der Waals surface area contributed by atoms with E-state index in [-0.39, 0.29) is 22.9 Å². The van der Waals surface area contributed by atoms with Crippen LogP contribution in [0.25, 0.3) is 0 Å². The van der Waals surface area contributed by atoms with Crippen molar-refractivity contribution < 1.29 is 9.47 Å². The number of pyridine rings is 1. The molecular formula is C19H26BrN3O2. The van der Waals surface area contributed by atoms with Gasteiger partial charge in [-0.05, 0) is 23.0 Å². The molecule has 136 valence electrons. The summed E-state index contributed by atoms with van der Waals surface area (Å²) >= 11 is 3.56. The van der Waals surface area contributed by atoms with Crippen LogP contribution < -0.4 is 0 Å². The van der Waals surface area contributed by atoms with Crippen LogP contribution in [0.15, 0.2) is 26.6 Å². The van der Waals surface area contributed by atoms with Crippen LogP contribution in [0.1, 0.15) is 52.9 Å². The maximum absolute atomic E-state index is 5.81. The molecule has 2 atom stereocenters. The maximum atomic E-state index is 5.81. The summed E-state index contributed by atoms with van der Waals surface area (Å²) in [6.45, 7) is 14.2. The Morgan fingerprint density at radius 2 is 1.24 bits per heavy atom. The van der Waals surface area contributed by atoms with Gasteiger partial charge in [0.1, 0.15) is 24.6 Å². The molecule has 0 bridgehead atoms. The lowest BCUT2D eigenvalue weighted by Crippen LogP contribution is -2.25. The lowest BCUT2D eigenvalue weighted by atomic mass is 9.88. The van der Waals surface area contributed by atoms with Crippen molar-refractivity contribution in [1.29, 1.82) is 0 Å². The molecule has 1 aromatic heterocycles. The molecule has 3 rings (SSSR count). The summed E-state index contributed by atoms with van der Waals surface area (Å²) in [5.74, 6) is 1.18. The van der Waals surface area contributed by atoms with Crippen LogP contribution in [0.4, 0.5) is 0 Å². The van der Waals surface area contributed by atoms with Gasteiger partial charge in [0.15, 0.2) is 0 Å². The van der Waals surface area contributed by atoms with E-state index in [9.17, 15) is 0 Å². The minimum Gasteiger partial charge on any atom is -0.474 e. The summed E-state index contributed by atoms with van der Waals surface area (Å²) < 4.78 is 12.5. The SMILES string of the molecule is CC(C)(C)[C@H]1COC(c2cc(Br)cc(C3=N[C@@H](C(C)(C)C)CO3)n2)=N1. The van der Waals surface area contributed by atoms with Gasteiger partial charge in [0.25, 0.3) is 0 Å². The van der Waals surface area contributed by atoms with Gasteiger partial charge in [-0.1, -0.05) is 57.5 Å². The third-order valence-electron chi connectivity index (χ3n) is 4.53. The van der Waals surface area contributed by atoms with Gasteiger partial charge in [0.05, 0.1) is 12.1 Å². The molecule has 2 aliphatic rings. The van der Waals surface area contributed by atoms with Crippen LogP contribution >= 0.6 is 15.9 Å². The number of hydrogen-bond acceptors (Lipinski definition) is 5. The van der Waals surface area contributed by atoms with Gasteiger partial charge in [-0.25, -0.2) is 15.0 Å². The van der Waals surface area contributed by atoms with Gasteiger partial charge in [0, 0.05) is 4.47 Å². The van der Waals surface area contributed by atoms with E-state index >= 15 is 0 Å². The molecule has 0 saturated carbocycles. The van der Waals surface area contributed by atoms with Gasteiger partial charge in [0.2, 0.25) is 11.8 Å². The summed E-state index contributed by atoms with van der Waals surface area (Å²) in [5.41, 5.74) is 1.55.